The number of rotatable bonds is 22. The van der Waals surface area contributed by atoms with E-state index in [1.54, 1.807) is 78.8 Å². The summed E-state index contributed by atoms with van der Waals surface area (Å²) in [4.78, 5) is 96.0. The molecule has 1 atom stereocenters. The van der Waals surface area contributed by atoms with Crippen molar-refractivity contribution >= 4 is 96.4 Å². The van der Waals surface area contributed by atoms with Crippen LogP contribution >= 0.6 is 23.2 Å². The zero-order chi connectivity index (χ0) is 59.1. The maximum atomic E-state index is 14.4. The van der Waals surface area contributed by atoms with Gasteiger partial charge in [-0.3, -0.25) is 34.0 Å². The Balaban J connectivity index is 0.0000111. The number of nitrogens with zero attached hydrogens (tertiary/aromatic N) is 7. The number of nitrogens with one attached hydrogen (secondary N) is 4. The third-order valence-electron chi connectivity index (χ3n) is 14.2. The molecule has 6 N–H and O–H groups in total. The molecule has 2 saturated heterocycles. The van der Waals surface area contributed by atoms with E-state index in [-0.39, 0.29) is 128 Å². The number of fused-ring (bicyclic) bond motifs is 3. The second-order valence-corrected chi connectivity index (χ2v) is 21.7. The van der Waals surface area contributed by atoms with E-state index in [2.05, 4.69) is 21.3 Å². The fourth-order valence-electron chi connectivity index (χ4n) is 9.96. The van der Waals surface area contributed by atoms with Gasteiger partial charge < -0.3 is 75.8 Å². The summed E-state index contributed by atoms with van der Waals surface area (Å²) >= 11 is 13.0. The molecule has 83 heavy (non-hydrogen) atoms. The number of nitrogens with two attached hydrogens (primary N) is 1. The summed E-state index contributed by atoms with van der Waals surface area (Å²) in [5.41, 5.74) is 9.92. The molecule has 0 radical (unpaired) electrons. The van der Waals surface area contributed by atoms with E-state index < -0.39 is 61.1 Å². The topological polar surface area (TPSA) is 325 Å². The molecule has 5 amide bonds. The molecule has 2 fully saturated rings. The number of methoxy groups -OCH3 is 1. The van der Waals surface area contributed by atoms with Gasteiger partial charge in [0.25, 0.3) is 5.91 Å². The molecule has 1 aromatic heterocycles. The second-order valence-electron chi connectivity index (χ2n) is 20.8. The van der Waals surface area contributed by atoms with Gasteiger partial charge in [-0.25, -0.2) is 9.48 Å². The number of carbonyl (C=O) groups is 7. The van der Waals surface area contributed by atoms with Gasteiger partial charge in [0.2, 0.25) is 11.8 Å². The molecule has 0 aliphatic carbocycles. The molecule has 28 heteroatoms. The number of anilines is 1. The number of urea groups is 1. The van der Waals surface area contributed by atoms with E-state index in [1.165, 1.54) is 0 Å². The number of amides is 5. The van der Waals surface area contributed by atoms with Crippen LogP contribution < -0.4 is 51.8 Å². The Morgan fingerprint density at radius 2 is 1.33 bits per heavy atom. The molecule has 7 rings (SSSR count). The molecule has 3 aromatic carbocycles. The summed E-state index contributed by atoms with van der Waals surface area (Å²) in [5.74, 6) is -3.97. The van der Waals surface area contributed by atoms with E-state index >= 15 is 0 Å². The minimum Gasteiger partial charge on any atom is -0.549 e. The van der Waals surface area contributed by atoms with Crippen molar-refractivity contribution in [2.75, 3.05) is 130 Å². The summed E-state index contributed by atoms with van der Waals surface area (Å²) in [6.07, 6.45) is 1.34. The number of unbranched alkanes of at least 4 members (excludes halogenated alkanes) is 1. The van der Waals surface area contributed by atoms with Gasteiger partial charge in [-0.1, -0.05) is 35.3 Å². The van der Waals surface area contributed by atoms with Crippen molar-refractivity contribution in [3.05, 3.63) is 75.9 Å². The normalized spacial score (nSPS) is 16.5. The summed E-state index contributed by atoms with van der Waals surface area (Å²) in [5, 5.41) is 51.2. The number of aromatic nitrogens is 2. The fourth-order valence-corrected chi connectivity index (χ4v) is 10.5. The minimum absolute atomic E-state index is 0. The second kappa shape index (κ2) is 31.1. The van der Waals surface area contributed by atoms with Crippen LogP contribution in [0.2, 0.25) is 10.0 Å². The first-order chi connectivity index (χ1) is 39.2. The van der Waals surface area contributed by atoms with Crippen molar-refractivity contribution in [2.24, 2.45) is 5.73 Å². The average molecular weight is 1290 g/mol. The molecule has 3 aliphatic rings. The maximum absolute atomic E-state index is 14.4. The van der Waals surface area contributed by atoms with Crippen LogP contribution in [0, 0.1) is 0 Å². The predicted octanol–water partition coefficient (Wildman–Crippen LogP) is -1.39. The van der Waals surface area contributed by atoms with Gasteiger partial charge in [-0.15, -0.1) is 0 Å². The Morgan fingerprint density at radius 1 is 0.735 bits per heavy atom. The Kier molecular flexibility index (Phi) is 24.7. The van der Waals surface area contributed by atoms with Crippen LogP contribution in [0.5, 0.6) is 11.5 Å². The monoisotopic (exact) mass is 1290 g/mol. The maximum Gasteiger partial charge on any atom is 3.00 e. The van der Waals surface area contributed by atoms with Crippen molar-refractivity contribution in [3.8, 4) is 39.6 Å². The molecule has 444 valence electrons. The molecule has 25 nitrogen and oxygen atoms in total. The number of halogens is 2. The number of hydrogen-bond donors (Lipinski definition) is 5. The van der Waals surface area contributed by atoms with Gasteiger partial charge in [0.1, 0.15) is 18.1 Å². The number of ether oxygens (including phenoxy) is 3. The third kappa shape index (κ3) is 18.9. The van der Waals surface area contributed by atoms with Gasteiger partial charge in [0.05, 0.1) is 67.7 Å². The van der Waals surface area contributed by atoms with Crippen molar-refractivity contribution in [1.82, 2.24) is 50.2 Å². The first kappa shape index (κ1) is 65.9. The Morgan fingerprint density at radius 3 is 1.90 bits per heavy atom. The van der Waals surface area contributed by atoms with Crippen molar-refractivity contribution in [2.45, 2.75) is 51.3 Å². The molecular weight excluding hydrogens is 1220 g/mol. The fraction of sp³-hybridized carbons (Fsp3) is 0.491. The number of carbonyl (C=O) groups excluding carboxylic acids is 7. The van der Waals surface area contributed by atoms with Crippen molar-refractivity contribution in [3.63, 3.8) is 0 Å². The van der Waals surface area contributed by atoms with E-state index in [0.29, 0.717) is 99.9 Å². The number of carboxylic acids is 3. The van der Waals surface area contributed by atoms with E-state index in [4.69, 9.17) is 48.2 Å². The quantitative estimate of drug-likeness (QED) is 0.0566. The first-order valence-electron chi connectivity index (χ1n) is 27.0. The van der Waals surface area contributed by atoms with Gasteiger partial charge in [-0.05, 0) is 75.1 Å². The number of hydrogen-bond acceptors (Lipinski definition) is 19. The van der Waals surface area contributed by atoms with Crippen molar-refractivity contribution < 1.29 is 63.1 Å². The molecular formula is C55H69Cl2InN12O13. The van der Waals surface area contributed by atoms with E-state index in [9.17, 15) is 48.9 Å². The molecule has 4 heterocycles. The molecule has 4 aromatic rings. The van der Waals surface area contributed by atoms with Crippen LogP contribution in [0.1, 0.15) is 49.2 Å². The number of carboxylic acid groups (broad SMARTS) is 3. The molecule has 0 bridgehead atoms. The van der Waals surface area contributed by atoms with Gasteiger partial charge in [0.15, 0.2) is 5.69 Å². The van der Waals surface area contributed by atoms with Crippen LogP contribution in [0.4, 0.5) is 10.5 Å². The van der Waals surface area contributed by atoms with Crippen LogP contribution in [-0.2, 0) is 35.3 Å². The first-order valence-corrected chi connectivity index (χ1v) is 27.7. The minimum atomic E-state index is -1.32. The summed E-state index contributed by atoms with van der Waals surface area (Å²) in [6, 6.07) is 14.5. The summed E-state index contributed by atoms with van der Waals surface area (Å²) < 4.78 is 19.6. The Bertz CT molecular complexity index is 2920. The predicted molar refractivity (Wildman–Crippen MR) is 303 cm³/mol. The number of morpholine rings is 1. The smallest absolute Gasteiger partial charge is 0.549 e. The Labute approximate surface area is 509 Å². The molecule has 0 spiro atoms. The molecule has 0 unspecified atom stereocenters. The zero-order valence-corrected chi connectivity index (χ0v) is 51.5. The van der Waals surface area contributed by atoms with Gasteiger partial charge in [-0.2, -0.15) is 5.10 Å². The summed E-state index contributed by atoms with van der Waals surface area (Å²) in [7, 11) is 1.54. The van der Waals surface area contributed by atoms with E-state index in [0.717, 1.165) is 0 Å². The number of aliphatic carboxylic acids is 3. The Hall–Kier alpha value is -6.23. The van der Waals surface area contributed by atoms with Gasteiger partial charge >= 0.3 is 31.9 Å². The van der Waals surface area contributed by atoms with Crippen LogP contribution in [0.25, 0.3) is 28.1 Å². The third-order valence-corrected chi connectivity index (χ3v) is 14.6. The number of benzene rings is 3. The molecule has 3 aliphatic heterocycles. The van der Waals surface area contributed by atoms with Gasteiger partial charge in [0, 0.05) is 137 Å². The van der Waals surface area contributed by atoms with E-state index in [1.807, 2.05) is 26.0 Å². The SMILES string of the molecule is COc1cc2c(cc1-c1cccc(NC(=O)NCCNC(=O)[C@H](N)CCCCNC(=O)CN3CCN(CC(=O)[O-])CCN(CC(=O)[O-])CCN(CC(=O)[O-])CC3)c1)-c1c(c(C(=O)N3CCOCC3(C)C)nn1-c1cc(Cl)cc(Cl)c1)CO2.[In+3]. The summed E-state index contributed by atoms with van der Waals surface area (Å²) in [6.45, 7) is 5.92. The zero-order valence-electron chi connectivity index (χ0n) is 46.7. The largest absolute Gasteiger partial charge is 3.00 e. The standard InChI is InChI=1S/C55H72Cl2N12O13.In/c1-55(2)34-81-22-21-68(55)53(78)50-42-33-82-45-28-44(80-3)40(27-41(45)51(42)69(63-50)39-25-36(56)24-37(57)26-39)35-7-6-8-38(23-35)62-54(79)61-12-11-60-52(77)43(58)9-4-5-10-59-46(70)29-64-13-15-65(30-47(71)72)17-19-67(32-49(75)76)20-18-66(16-14-64)31-48(73)74;/h6-8,23-28,43H,4-5,9-22,29-34,58H2,1-3H3,(H,59,70)(H,60,77)(H,71,72)(H,73,74)(H,75,76)(H2,61,62,79);/q;+3/p-3/t43-;/m1./s1. The van der Waals surface area contributed by atoms with Crippen LogP contribution in [0.15, 0.2) is 54.6 Å². The average Bonchev–Trinajstić information content (AvgIpc) is 2.07. The van der Waals surface area contributed by atoms with Crippen molar-refractivity contribution in [1.29, 1.82) is 0 Å². The van der Waals surface area contributed by atoms with Crippen LogP contribution in [0.3, 0.4) is 0 Å². The molecule has 0 saturated carbocycles. The van der Waals surface area contributed by atoms with Crippen LogP contribution in [-0.4, -0.2) is 238 Å².